The van der Waals surface area contributed by atoms with Crippen LogP contribution in [-0.4, -0.2) is 27.2 Å². The van der Waals surface area contributed by atoms with E-state index >= 15 is 0 Å². The summed E-state index contributed by atoms with van der Waals surface area (Å²) in [5.41, 5.74) is 5.00. The Morgan fingerprint density at radius 2 is 1.92 bits per heavy atom. The predicted molar refractivity (Wildman–Crippen MR) is 97.7 cm³/mol. The number of rotatable bonds is 4. The molecule has 0 fully saturated rings. The molecular weight excluding hydrogens is 330 g/mol. The van der Waals surface area contributed by atoms with Gasteiger partial charge >= 0.3 is 11.8 Å². The Kier molecular flexibility index (Phi) is 4.88. The number of hydrogen-bond donors (Lipinski definition) is 1. The Bertz CT molecular complexity index is 909. The smallest absolute Gasteiger partial charge is 0.328 e. The number of pyridine rings is 1. The summed E-state index contributed by atoms with van der Waals surface area (Å²) in [6.07, 6.45) is 3.07. The van der Waals surface area contributed by atoms with Crippen LogP contribution in [0.5, 0.6) is 0 Å². The van der Waals surface area contributed by atoms with Crippen molar-refractivity contribution in [2.45, 2.75) is 26.2 Å². The van der Waals surface area contributed by atoms with E-state index in [1.807, 2.05) is 30.3 Å². The lowest BCUT2D eigenvalue weighted by Gasteiger charge is -2.18. The van der Waals surface area contributed by atoms with Crippen molar-refractivity contribution in [3.8, 4) is 11.4 Å². The summed E-state index contributed by atoms with van der Waals surface area (Å²) in [7, 11) is 0. The number of benzene rings is 1. The van der Waals surface area contributed by atoms with E-state index in [-0.39, 0.29) is 11.3 Å². The molecule has 1 aromatic carbocycles. The number of carbonyl (C=O) groups is 1. The first-order chi connectivity index (χ1) is 12.4. The number of aromatic nitrogens is 3. The number of amides is 1. The van der Waals surface area contributed by atoms with Gasteiger partial charge in [-0.25, -0.2) is 5.43 Å². The highest BCUT2D eigenvalue weighted by molar-refractivity contribution is 5.90. The first-order valence-electron chi connectivity index (χ1n) is 8.12. The molecule has 26 heavy (non-hydrogen) atoms. The second-order valence-electron chi connectivity index (χ2n) is 6.70. The van der Waals surface area contributed by atoms with E-state index in [0.29, 0.717) is 11.5 Å². The highest BCUT2D eigenvalue weighted by Crippen LogP contribution is 2.24. The molecule has 2 heterocycles. The van der Waals surface area contributed by atoms with Crippen LogP contribution in [0.4, 0.5) is 0 Å². The van der Waals surface area contributed by atoms with E-state index in [9.17, 15) is 4.79 Å². The second-order valence-corrected chi connectivity index (χ2v) is 6.70. The largest absolute Gasteiger partial charge is 0.329 e. The van der Waals surface area contributed by atoms with Gasteiger partial charge in [0, 0.05) is 11.8 Å². The van der Waals surface area contributed by atoms with Gasteiger partial charge < -0.3 is 4.52 Å². The molecule has 0 unspecified atom stereocenters. The molecule has 132 valence electrons. The average Bonchev–Trinajstić information content (AvgIpc) is 3.12. The van der Waals surface area contributed by atoms with Gasteiger partial charge in [0.15, 0.2) is 0 Å². The molecule has 0 atom stereocenters. The molecule has 0 radical (unpaired) electrons. The van der Waals surface area contributed by atoms with Crippen LogP contribution in [-0.2, 0) is 5.41 Å². The molecule has 3 rings (SSSR count). The van der Waals surface area contributed by atoms with E-state index < -0.39 is 5.91 Å². The van der Waals surface area contributed by atoms with Crippen LogP contribution in [0.2, 0.25) is 0 Å². The molecule has 3 aromatic rings. The normalized spacial score (nSPS) is 11.7. The molecule has 7 nitrogen and oxygen atoms in total. The van der Waals surface area contributed by atoms with Crippen molar-refractivity contribution in [3.05, 3.63) is 65.8 Å². The number of hydrogen-bond acceptors (Lipinski definition) is 6. The van der Waals surface area contributed by atoms with Gasteiger partial charge in [-0.2, -0.15) is 10.1 Å². The van der Waals surface area contributed by atoms with Crippen LogP contribution in [0.25, 0.3) is 11.4 Å². The molecule has 0 aliphatic heterocycles. The lowest BCUT2D eigenvalue weighted by Crippen LogP contribution is -2.18. The van der Waals surface area contributed by atoms with E-state index in [2.05, 4.69) is 46.4 Å². The third-order valence-electron chi connectivity index (χ3n) is 3.68. The summed E-state index contributed by atoms with van der Waals surface area (Å²) in [6.45, 7) is 6.43. The maximum Gasteiger partial charge on any atom is 0.329 e. The zero-order chi connectivity index (χ0) is 18.6. The van der Waals surface area contributed by atoms with Gasteiger partial charge in [-0.1, -0.05) is 56.3 Å². The molecule has 0 saturated heterocycles. The molecule has 0 spiro atoms. The Morgan fingerprint density at radius 3 is 2.58 bits per heavy atom. The van der Waals surface area contributed by atoms with E-state index in [1.54, 1.807) is 18.3 Å². The maximum absolute atomic E-state index is 12.0. The Hall–Kier alpha value is -3.35. The molecule has 7 heteroatoms. The van der Waals surface area contributed by atoms with Gasteiger partial charge in [0.2, 0.25) is 5.82 Å². The minimum absolute atomic E-state index is 0.0619. The average molecular weight is 349 g/mol. The van der Waals surface area contributed by atoms with Crippen LogP contribution in [0, 0.1) is 0 Å². The summed E-state index contributed by atoms with van der Waals surface area (Å²) in [5.74, 6) is -0.385. The fourth-order valence-corrected chi connectivity index (χ4v) is 2.21. The quantitative estimate of drug-likeness (QED) is 0.577. The van der Waals surface area contributed by atoms with Crippen molar-refractivity contribution < 1.29 is 9.32 Å². The number of nitrogens with zero attached hydrogens (tertiary/aromatic N) is 4. The standard InChI is InChI=1S/C19H19N5O2/c1-19(2,3)14-9-7-13(8-10-14)16-22-18(26-24-16)17(25)23-21-12-15-6-4-5-11-20-15/h4-12H,1-3H3,(H,23,25)/b21-12+. The molecule has 2 aromatic heterocycles. The molecule has 1 amide bonds. The minimum Gasteiger partial charge on any atom is -0.328 e. The molecule has 1 N–H and O–H groups in total. The van der Waals surface area contributed by atoms with Crippen LogP contribution in [0.15, 0.2) is 58.3 Å². The zero-order valence-corrected chi connectivity index (χ0v) is 14.8. The van der Waals surface area contributed by atoms with Crippen LogP contribution in [0.1, 0.15) is 42.7 Å². The summed E-state index contributed by atoms with van der Waals surface area (Å²) >= 11 is 0. The highest BCUT2D eigenvalue weighted by atomic mass is 16.5. The summed E-state index contributed by atoms with van der Waals surface area (Å²) in [5, 5.41) is 7.68. The molecular formula is C19H19N5O2. The fourth-order valence-electron chi connectivity index (χ4n) is 2.21. The summed E-state index contributed by atoms with van der Waals surface area (Å²) < 4.78 is 5.02. The molecule has 0 saturated carbocycles. The third kappa shape index (κ3) is 4.18. The van der Waals surface area contributed by atoms with E-state index in [1.165, 1.54) is 11.8 Å². The Labute approximate surface area is 151 Å². The Balaban J connectivity index is 1.67. The molecule has 0 aliphatic carbocycles. The van der Waals surface area contributed by atoms with Crippen LogP contribution in [0.3, 0.4) is 0 Å². The van der Waals surface area contributed by atoms with Crippen molar-refractivity contribution >= 4 is 12.1 Å². The molecule has 0 aliphatic rings. The Morgan fingerprint density at radius 1 is 1.15 bits per heavy atom. The van der Waals surface area contributed by atoms with E-state index in [4.69, 9.17) is 4.52 Å². The van der Waals surface area contributed by atoms with Crippen LogP contribution >= 0.6 is 0 Å². The monoisotopic (exact) mass is 349 g/mol. The third-order valence-corrected chi connectivity index (χ3v) is 3.68. The van der Waals surface area contributed by atoms with Crippen molar-refractivity contribution in [1.29, 1.82) is 0 Å². The zero-order valence-electron chi connectivity index (χ0n) is 14.8. The van der Waals surface area contributed by atoms with Gasteiger partial charge in [-0.3, -0.25) is 9.78 Å². The molecule has 0 bridgehead atoms. The van der Waals surface area contributed by atoms with Gasteiger partial charge in [-0.05, 0) is 23.1 Å². The number of hydrazone groups is 1. The lowest BCUT2D eigenvalue weighted by molar-refractivity contribution is 0.0911. The van der Waals surface area contributed by atoms with Crippen molar-refractivity contribution in [1.82, 2.24) is 20.6 Å². The SMILES string of the molecule is CC(C)(C)c1ccc(-c2noc(C(=O)N/N=C/c3ccccn3)n2)cc1. The van der Waals surface area contributed by atoms with Gasteiger partial charge in [0.25, 0.3) is 0 Å². The first kappa shape index (κ1) is 17.5. The van der Waals surface area contributed by atoms with E-state index in [0.717, 1.165) is 5.56 Å². The predicted octanol–water partition coefficient (Wildman–Crippen LogP) is 3.19. The van der Waals surface area contributed by atoms with Gasteiger partial charge in [0.05, 0.1) is 11.9 Å². The number of carbonyl (C=O) groups excluding carboxylic acids is 1. The van der Waals surface area contributed by atoms with Crippen molar-refractivity contribution in [2.75, 3.05) is 0 Å². The van der Waals surface area contributed by atoms with Crippen molar-refractivity contribution in [2.24, 2.45) is 5.10 Å². The first-order valence-corrected chi connectivity index (χ1v) is 8.12. The fraction of sp³-hybridized carbons (Fsp3) is 0.211. The summed E-state index contributed by atoms with van der Waals surface area (Å²) in [4.78, 5) is 20.2. The number of nitrogens with one attached hydrogen (secondary N) is 1. The highest BCUT2D eigenvalue weighted by Gasteiger charge is 2.17. The van der Waals surface area contributed by atoms with Gasteiger partial charge in [0.1, 0.15) is 0 Å². The van der Waals surface area contributed by atoms with Gasteiger partial charge in [-0.15, -0.1) is 0 Å². The van der Waals surface area contributed by atoms with Crippen molar-refractivity contribution in [3.63, 3.8) is 0 Å². The minimum atomic E-state index is -0.581. The summed E-state index contributed by atoms with van der Waals surface area (Å²) in [6, 6.07) is 13.2. The lowest BCUT2D eigenvalue weighted by atomic mass is 9.87. The second kappa shape index (κ2) is 7.26. The maximum atomic E-state index is 12.0. The topological polar surface area (TPSA) is 93.3 Å². The van der Waals surface area contributed by atoms with Crippen LogP contribution < -0.4 is 5.43 Å².